The first-order valence-electron chi connectivity index (χ1n) is 5.98. The van der Waals surface area contributed by atoms with Crippen LogP contribution in [-0.2, 0) is 6.61 Å². The maximum Gasteiger partial charge on any atom is 0.337 e. The highest BCUT2D eigenvalue weighted by atomic mass is 79.9. The molecular formula is C15H14BrNO3. The van der Waals surface area contributed by atoms with Gasteiger partial charge in [0.05, 0.1) is 5.56 Å². The fourth-order valence-electron chi connectivity index (χ4n) is 1.80. The van der Waals surface area contributed by atoms with E-state index in [4.69, 9.17) is 15.6 Å². The summed E-state index contributed by atoms with van der Waals surface area (Å²) in [6.07, 6.45) is 0. The molecule has 2 aromatic rings. The zero-order valence-corrected chi connectivity index (χ0v) is 12.5. The average Bonchev–Trinajstić information content (AvgIpc) is 2.41. The number of hydrogen-bond acceptors (Lipinski definition) is 3. The van der Waals surface area contributed by atoms with Crippen LogP contribution in [0.25, 0.3) is 0 Å². The van der Waals surface area contributed by atoms with E-state index in [1.165, 1.54) is 6.07 Å². The van der Waals surface area contributed by atoms with Gasteiger partial charge in [-0.3, -0.25) is 0 Å². The maximum absolute atomic E-state index is 11.1. The molecule has 3 N–H and O–H groups in total. The van der Waals surface area contributed by atoms with E-state index >= 15 is 0 Å². The van der Waals surface area contributed by atoms with Crippen molar-refractivity contribution in [1.29, 1.82) is 0 Å². The highest BCUT2D eigenvalue weighted by Gasteiger charge is 2.12. The van der Waals surface area contributed by atoms with Crippen LogP contribution in [0, 0.1) is 6.92 Å². The number of carbonyl (C=O) groups is 1. The molecule has 0 aliphatic carbocycles. The smallest absolute Gasteiger partial charge is 0.337 e. The maximum atomic E-state index is 11.1. The largest absolute Gasteiger partial charge is 0.489 e. The summed E-state index contributed by atoms with van der Waals surface area (Å²) < 4.78 is 6.60. The molecule has 0 aromatic heterocycles. The summed E-state index contributed by atoms with van der Waals surface area (Å²) in [5.74, 6) is -0.568. The molecule has 0 radical (unpaired) electrons. The molecule has 2 aromatic carbocycles. The Morgan fingerprint density at radius 1 is 1.35 bits per heavy atom. The van der Waals surface area contributed by atoms with Gasteiger partial charge in [-0.25, -0.2) is 4.79 Å². The average molecular weight is 336 g/mol. The van der Waals surface area contributed by atoms with Crippen molar-refractivity contribution in [3.63, 3.8) is 0 Å². The molecule has 0 spiro atoms. The van der Waals surface area contributed by atoms with Crippen LogP contribution < -0.4 is 10.5 Å². The minimum atomic E-state index is -1.06. The van der Waals surface area contributed by atoms with Gasteiger partial charge in [0.1, 0.15) is 12.4 Å². The van der Waals surface area contributed by atoms with Gasteiger partial charge >= 0.3 is 5.97 Å². The van der Waals surface area contributed by atoms with Crippen LogP contribution in [0.1, 0.15) is 21.5 Å². The summed E-state index contributed by atoms with van der Waals surface area (Å²) in [6.45, 7) is 2.11. The fraction of sp³-hybridized carbons (Fsp3) is 0.133. The number of benzene rings is 2. The van der Waals surface area contributed by atoms with Gasteiger partial charge in [0, 0.05) is 15.7 Å². The molecule has 0 atom stereocenters. The van der Waals surface area contributed by atoms with Crippen molar-refractivity contribution >= 4 is 27.6 Å². The van der Waals surface area contributed by atoms with E-state index < -0.39 is 5.97 Å². The number of aromatic carboxylic acids is 1. The van der Waals surface area contributed by atoms with Crippen molar-refractivity contribution in [2.75, 3.05) is 5.73 Å². The van der Waals surface area contributed by atoms with Crippen LogP contribution in [0.2, 0.25) is 0 Å². The van der Waals surface area contributed by atoms with Gasteiger partial charge in [-0.1, -0.05) is 34.1 Å². The second kappa shape index (κ2) is 5.96. The Morgan fingerprint density at radius 2 is 2.05 bits per heavy atom. The Morgan fingerprint density at radius 3 is 2.70 bits per heavy atom. The van der Waals surface area contributed by atoms with Crippen molar-refractivity contribution in [2.45, 2.75) is 13.5 Å². The van der Waals surface area contributed by atoms with Gasteiger partial charge < -0.3 is 15.6 Å². The lowest BCUT2D eigenvalue weighted by atomic mass is 10.1. The summed E-state index contributed by atoms with van der Waals surface area (Å²) in [6, 6.07) is 10.9. The summed E-state index contributed by atoms with van der Waals surface area (Å²) in [7, 11) is 0. The fourth-order valence-corrected chi connectivity index (χ4v) is 2.20. The number of aryl methyl sites for hydroxylation is 1. The summed E-state index contributed by atoms with van der Waals surface area (Å²) in [5.41, 5.74) is 7.74. The molecule has 4 nitrogen and oxygen atoms in total. The summed E-state index contributed by atoms with van der Waals surface area (Å²) in [4.78, 5) is 11.1. The second-order valence-corrected chi connectivity index (χ2v) is 5.24. The molecule has 0 saturated carbocycles. The Kier molecular flexibility index (Phi) is 4.29. The number of nitrogen functional groups attached to an aromatic ring is 1. The number of halogens is 1. The van der Waals surface area contributed by atoms with Crippen molar-refractivity contribution in [3.8, 4) is 5.75 Å². The highest BCUT2D eigenvalue weighted by Crippen LogP contribution is 2.26. The third-order valence-electron chi connectivity index (χ3n) is 2.94. The first kappa shape index (κ1) is 14.4. The number of hydrogen-bond donors (Lipinski definition) is 2. The minimum Gasteiger partial charge on any atom is -0.489 e. The standard InChI is InChI=1S/C15H14BrNO3/c1-9-6-11(7-12(14(9)17)15(18)19)20-8-10-4-2-3-5-13(10)16/h2-7H,8,17H2,1H3,(H,18,19). The number of nitrogens with two attached hydrogens (primary N) is 1. The predicted molar refractivity (Wildman–Crippen MR) is 81.0 cm³/mol. The van der Waals surface area contributed by atoms with E-state index in [1.807, 2.05) is 24.3 Å². The monoisotopic (exact) mass is 335 g/mol. The van der Waals surface area contributed by atoms with Crippen LogP contribution in [0.15, 0.2) is 40.9 Å². The van der Waals surface area contributed by atoms with Gasteiger partial charge in [-0.2, -0.15) is 0 Å². The molecule has 0 heterocycles. The number of carboxylic acid groups (broad SMARTS) is 1. The molecule has 5 heteroatoms. The van der Waals surface area contributed by atoms with E-state index in [0.29, 0.717) is 17.9 Å². The molecule has 0 bridgehead atoms. The zero-order chi connectivity index (χ0) is 14.7. The topological polar surface area (TPSA) is 72.5 Å². The minimum absolute atomic E-state index is 0.0622. The van der Waals surface area contributed by atoms with Crippen LogP contribution >= 0.6 is 15.9 Å². The van der Waals surface area contributed by atoms with Crippen LogP contribution in [-0.4, -0.2) is 11.1 Å². The van der Waals surface area contributed by atoms with Crippen LogP contribution in [0.3, 0.4) is 0 Å². The normalized spacial score (nSPS) is 10.3. The molecule has 0 fully saturated rings. The molecule has 0 aliphatic rings. The van der Waals surface area contributed by atoms with E-state index in [-0.39, 0.29) is 11.3 Å². The van der Waals surface area contributed by atoms with E-state index in [9.17, 15) is 4.79 Å². The van der Waals surface area contributed by atoms with Gasteiger partial charge in [0.15, 0.2) is 0 Å². The summed E-state index contributed by atoms with van der Waals surface area (Å²) in [5, 5.41) is 9.10. The quantitative estimate of drug-likeness (QED) is 0.837. The lowest BCUT2D eigenvalue weighted by Crippen LogP contribution is -2.05. The Bertz CT molecular complexity index is 656. The molecule has 0 amide bonds. The van der Waals surface area contributed by atoms with E-state index in [1.54, 1.807) is 13.0 Å². The Balaban J connectivity index is 2.22. The molecule has 2 rings (SSSR count). The number of rotatable bonds is 4. The lowest BCUT2D eigenvalue weighted by molar-refractivity contribution is 0.0697. The number of ether oxygens (including phenoxy) is 1. The second-order valence-electron chi connectivity index (χ2n) is 4.39. The van der Waals surface area contributed by atoms with Crippen molar-refractivity contribution in [1.82, 2.24) is 0 Å². The molecule has 0 saturated heterocycles. The molecule has 0 aliphatic heterocycles. The van der Waals surface area contributed by atoms with Gasteiger partial charge in [-0.15, -0.1) is 0 Å². The highest BCUT2D eigenvalue weighted by molar-refractivity contribution is 9.10. The SMILES string of the molecule is Cc1cc(OCc2ccccc2Br)cc(C(=O)O)c1N. The number of anilines is 1. The van der Waals surface area contributed by atoms with Gasteiger partial charge in [0.25, 0.3) is 0 Å². The molecular weight excluding hydrogens is 322 g/mol. The third-order valence-corrected chi connectivity index (χ3v) is 3.72. The van der Waals surface area contributed by atoms with Crippen LogP contribution in [0.4, 0.5) is 5.69 Å². The molecule has 20 heavy (non-hydrogen) atoms. The number of carboxylic acids is 1. The van der Waals surface area contributed by atoms with Crippen LogP contribution in [0.5, 0.6) is 5.75 Å². The Hall–Kier alpha value is -2.01. The van der Waals surface area contributed by atoms with Crippen molar-refractivity contribution in [3.05, 3.63) is 57.6 Å². The van der Waals surface area contributed by atoms with E-state index in [0.717, 1.165) is 10.0 Å². The summed E-state index contributed by atoms with van der Waals surface area (Å²) >= 11 is 3.44. The third kappa shape index (κ3) is 3.11. The predicted octanol–water partition coefficient (Wildman–Crippen LogP) is 3.62. The Labute approximate surface area is 125 Å². The van der Waals surface area contributed by atoms with Gasteiger partial charge in [0.2, 0.25) is 0 Å². The molecule has 104 valence electrons. The lowest BCUT2D eigenvalue weighted by Gasteiger charge is -2.11. The van der Waals surface area contributed by atoms with Crippen molar-refractivity contribution in [2.24, 2.45) is 0 Å². The first-order valence-corrected chi connectivity index (χ1v) is 6.78. The molecule has 0 unspecified atom stereocenters. The first-order chi connectivity index (χ1) is 9.49. The van der Waals surface area contributed by atoms with Gasteiger partial charge in [-0.05, 0) is 30.7 Å². The van der Waals surface area contributed by atoms with E-state index in [2.05, 4.69) is 15.9 Å². The van der Waals surface area contributed by atoms with Crippen molar-refractivity contribution < 1.29 is 14.6 Å². The zero-order valence-electron chi connectivity index (χ0n) is 10.9.